The average Bonchev–Trinajstić information content (AvgIpc) is 3.53. The van der Waals surface area contributed by atoms with E-state index in [0.29, 0.717) is 5.92 Å². The molecule has 0 N–H and O–H groups in total. The van der Waals surface area contributed by atoms with Gasteiger partial charge in [-0.15, -0.1) is 0 Å². The smallest absolute Gasteiger partial charge is 0.0604 e. The van der Waals surface area contributed by atoms with Crippen LogP contribution in [0, 0.1) is 17.8 Å². The molecule has 6 unspecified atom stereocenters. The Morgan fingerprint density at radius 3 is 2.15 bits per heavy atom. The zero-order valence-corrected chi connectivity index (χ0v) is 29.7. The van der Waals surface area contributed by atoms with Gasteiger partial charge in [0.25, 0.3) is 0 Å². The van der Waals surface area contributed by atoms with Gasteiger partial charge in [0.05, 0.1) is 13.7 Å². The number of hydrogen-bond acceptors (Lipinski definition) is 1. The average molecular weight is 579 g/mol. The minimum absolute atomic E-state index is 0.0111. The molecular weight excluding hydrogens is 513 g/mol. The molecule has 0 aromatic heterocycles. The molecule has 4 rings (SSSR count). The van der Waals surface area contributed by atoms with E-state index in [-0.39, 0.29) is 11.0 Å². The van der Waals surface area contributed by atoms with E-state index < -0.39 is 8.07 Å². The Balaban J connectivity index is 1.38. The predicted molar refractivity (Wildman–Crippen MR) is 183 cm³/mol. The normalized spacial score (nSPS) is 29.0. The Hall–Kier alpha value is -0.863. The molecule has 0 saturated heterocycles. The summed E-state index contributed by atoms with van der Waals surface area (Å²) in [5.74, 6) is 3.32. The molecule has 2 fully saturated rings. The topological polar surface area (TPSA) is 9.23 Å². The fourth-order valence-electron chi connectivity index (χ4n) is 9.73. The molecule has 3 aliphatic rings. The van der Waals surface area contributed by atoms with Crippen molar-refractivity contribution in [3.63, 3.8) is 0 Å². The van der Waals surface area contributed by atoms with Crippen molar-refractivity contribution in [1.29, 1.82) is 0 Å². The van der Waals surface area contributed by atoms with Crippen LogP contribution in [0.5, 0.6) is 0 Å². The number of benzene rings is 1. The number of hydrogen-bond donors (Lipinski definition) is 0. The first kappa shape index (κ1) is 33.0. The molecule has 1 nitrogen and oxygen atoms in total. The van der Waals surface area contributed by atoms with Gasteiger partial charge >= 0.3 is 0 Å². The second-order valence-corrected chi connectivity index (χ2v) is 21.9. The molecule has 0 heterocycles. The van der Waals surface area contributed by atoms with Crippen molar-refractivity contribution in [2.75, 3.05) is 6.61 Å². The van der Waals surface area contributed by atoms with Crippen LogP contribution in [0.1, 0.15) is 150 Å². The van der Waals surface area contributed by atoms with Crippen LogP contribution in [0.15, 0.2) is 35.9 Å². The van der Waals surface area contributed by atoms with E-state index in [4.69, 9.17) is 4.74 Å². The monoisotopic (exact) mass is 578 g/mol. The summed E-state index contributed by atoms with van der Waals surface area (Å²) in [4.78, 5) is 0. The van der Waals surface area contributed by atoms with Crippen molar-refractivity contribution < 1.29 is 4.74 Å². The van der Waals surface area contributed by atoms with E-state index in [9.17, 15) is 0 Å². The molecule has 0 bridgehead atoms. The van der Waals surface area contributed by atoms with Crippen LogP contribution in [0.3, 0.4) is 0 Å². The highest BCUT2D eigenvalue weighted by Gasteiger charge is 2.54. The summed E-state index contributed by atoms with van der Waals surface area (Å²) < 4.78 is 5.93. The van der Waals surface area contributed by atoms with Gasteiger partial charge in [-0.25, -0.2) is 0 Å². The van der Waals surface area contributed by atoms with Crippen LogP contribution in [0.25, 0.3) is 0 Å². The van der Waals surface area contributed by atoms with E-state index in [1.165, 1.54) is 75.4 Å². The lowest BCUT2D eigenvalue weighted by atomic mass is 9.74. The SMILES string of the molecule is CC[Si](CC)(C1CCC(CCCCCCOC(C)(C)C)C1)C1C(C)C=C2C(c3ccc(C(C)(C)C)cc3)CCCC21. The summed E-state index contributed by atoms with van der Waals surface area (Å²) >= 11 is 0. The Bertz CT molecular complexity index is 972. The van der Waals surface area contributed by atoms with Gasteiger partial charge in [-0.05, 0) is 91.8 Å². The number of rotatable bonds is 12. The first-order valence-electron chi connectivity index (χ1n) is 17.9. The lowest BCUT2D eigenvalue weighted by molar-refractivity contribution is -0.00476. The van der Waals surface area contributed by atoms with Gasteiger partial charge in [0, 0.05) is 12.5 Å². The van der Waals surface area contributed by atoms with Gasteiger partial charge in [-0.1, -0.05) is 134 Å². The standard InChI is InChI=1S/C39H66OSi/c1-10-41(11-2,33-25-20-30(28-33)17-14-12-13-15-26-40-39(7,8)9)37-29(3)27-36-34(18-16-19-35(36)37)31-21-23-32(24-22-31)38(4,5)6/h21-24,27,29-30,33-35,37H,10-20,25-26,28H2,1-9H3. The van der Waals surface area contributed by atoms with Crippen LogP contribution >= 0.6 is 0 Å². The molecule has 6 atom stereocenters. The first-order chi connectivity index (χ1) is 19.4. The fraction of sp³-hybridized carbons (Fsp3) is 0.795. The largest absolute Gasteiger partial charge is 0.376 e. The van der Waals surface area contributed by atoms with Crippen molar-refractivity contribution in [2.45, 2.75) is 173 Å². The molecule has 0 spiro atoms. The highest BCUT2D eigenvalue weighted by Crippen LogP contribution is 2.62. The quantitative estimate of drug-likeness (QED) is 0.136. The van der Waals surface area contributed by atoms with E-state index >= 15 is 0 Å². The molecule has 232 valence electrons. The molecule has 0 radical (unpaired) electrons. The van der Waals surface area contributed by atoms with Gasteiger partial charge in [0.15, 0.2) is 0 Å². The third kappa shape index (κ3) is 7.81. The Kier molecular flexibility index (Phi) is 11.2. The molecule has 2 saturated carbocycles. The molecule has 1 aromatic carbocycles. The lowest BCUT2D eigenvalue weighted by Gasteiger charge is -2.48. The van der Waals surface area contributed by atoms with Crippen LogP contribution in [0.2, 0.25) is 23.2 Å². The van der Waals surface area contributed by atoms with Crippen LogP contribution in [-0.4, -0.2) is 20.3 Å². The zero-order valence-electron chi connectivity index (χ0n) is 28.7. The summed E-state index contributed by atoms with van der Waals surface area (Å²) in [5.41, 5.74) is 7.21. The summed E-state index contributed by atoms with van der Waals surface area (Å²) in [6.45, 7) is 22.3. The maximum Gasteiger partial charge on any atom is 0.0604 e. The summed E-state index contributed by atoms with van der Waals surface area (Å²) in [5, 5.41) is 0. The van der Waals surface area contributed by atoms with Crippen molar-refractivity contribution in [1.82, 2.24) is 0 Å². The maximum atomic E-state index is 5.93. The third-order valence-electron chi connectivity index (χ3n) is 11.8. The molecule has 0 amide bonds. The third-order valence-corrected chi connectivity index (χ3v) is 18.9. The number of ether oxygens (including phenoxy) is 1. The number of unbranched alkanes of at least 4 members (excludes halogenated alkanes) is 3. The van der Waals surface area contributed by atoms with Gasteiger partial charge in [0.2, 0.25) is 0 Å². The molecule has 2 heteroatoms. The van der Waals surface area contributed by atoms with Crippen LogP contribution in [0.4, 0.5) is 0 Å². The van der Waals surface area contributed by atoms with Crippen LogP contribution in [-0.2, 0) is 10.2 Å². The number of fused-ring (bicyclic) bond motifs is 1. The minimum Gasteiger partial charge on any atom is -0.376 e. The highest BCUT2D eigenvalue weighted by molar-refractivity contribution is 6.82. The van der Waals surface area contributed by atoms with Crippen molar-refractivity contribution >= 4 is 8.07 Å². The van der Waals surface area contributed by atoms with Gasteiger partial charge < -0.3 is 4.74 Å². The number of allylic oxidation sites excluding steroid dienone is 2. The Labute approximate surface area is 256 Å². The highest BCUT2D eigenvalue weighted by atomic mass is 28.3. The summed E-state index contributed by atoms with van der Waals surface area (Å²) in [6, 6.07) is 12.8. The van der Waals surface area contributed by atoms with E-state index in [2.05, 4.69) is 92.7 Å². The minimum atomic E-state index is -1.41. The Morgan fingerprint density at radius 1 is 0.829 bits per heavy atom. The molecule has 3 aliphatic carbocycles. The first-order valence-corrected chi connectivity index (χ1v) is 20.4. The van der Waals surface area contributed by atoms with Crippen molar-refractivity contribution in [3.8, 4) is 0 Å². The van der Waals surface area contributed by atoms with Gasteiger partial charge in [-0.2, -0.15) is 0 Å². The predicted octanol–water partition coefficient (Wildman–Crippen LogP) is 12.2. The van der Waals surface area contributed by atoms with Crippen LogP contribution < -0.4 is 0 Å². The molecular formula is C39H66OSi. The second-order valence-electron chi connectivity index (χ2n) is 16.5. The van der Waals surface area contributed by atoms with Gasteiger partial charge in [-0.3, -0.25) is 0 Å². The van der Waals surface area contributed by atoms with E-state index in [1.807, 2.05) is 5.57 Å². The van der Waals surface area contributed by atoms with E-state index in [1.54, 1.807) is 18.4 Å². The van der Waals surface area contributed by atoms with Crippen molar-refractivity contribution in [3.05, 3.63) is 47.0 Å². The van der Waals surface area contributed by atoms with Crippen molar-refractivity contribution in [2.24, 2.45) is 17.8 Å². The van der Waals surface area contributed by atoms with Gasteiger partial charge in [0.1, 0.15) is 0 Å². The maximum absolute atomic E-state index is 5.93. The zero-order chi connectivity index (χ0) is 29.8. The molecule has 41 heavy (non-hydrogen) atoms. The molecule has 1 aromatic rings. The summed E-state index contributed by atoms with van der Waals surface area (Å²) in [7, 11) is -1.41. The Morgan fingerprint density at radius 2 is 1.51 bits per heavy atom. The second kappa shape index (κ2) is 13.8. The van der Waals surface area contributed by atoms with E-state index in [0.717, 1.165) is 35.4 Å². The lowest BCUT2D eigenvalue weighted by Crippen LogP contribution is -2.47. The molecule has 0 aliphatic heterocycles. The summed E-state index contributed by atoms with van der Waals surface area (Å²) in [6.07, 6.45) is 18.5. The fourth-order valence-corrected chi connectivity index (χ4v) is 16.7.